The third kappa shape index (κ3) is 2.55. The maximum Gasteiger partial charge on any atom is 0.00512 e. The van der Waals surface area contributed by atoms with E-state index in [4.69, 9.17) is 5.73 Å². The van der Waals surface area contributed by atoms with Gasteiger partial charge in [0.05, 0.1) is 0 Å². The van der Waals surface area contributed by atoms with Gasteiger partial charge in [-0.1, -0.05) is 19.9 Å². The van der Waals surface area contributed by atoms with Crippen LogP contribution in [0, 0.1) is 5.41 Å². The molecule has 0 aromatic carbocycles. The molecule has 0 fully saturated rings. The van der Waals surface area contributed by atoms with E-state index >= 15 is 0 Å². The van der Waals surface area contributed by atoms with Crippen molar-refractivity contribution in [1.29, 1.82) is 0 Å². The quantitative estimate of drug-likeness (QED) is 0.771. The van der Waals surface area contributed by atoms with E-state index in [0.717, 1.165) is 13.0 Å². The molecule has 0 saturated heterocycles. The summed E-state index contributed by atoms with van der Waals surface area (Å²) in [4.78, 5) is 1.47. The van der Waals surface area contributed by atoms with Crippen LogP contribution in [0.15, 0.2) is 17.5 Å². The highest BCUT2D eigenvalue weighted by Crippen LogP contribution is 2.31. The second-order valence-corrected chi connectivity index (χ2v) is 4.70. The largest absolute Gasteiger partial charge is 0.330 e. The van der Waals surface area contributed by atoms with Crippen LogP contribution in [0.3, 0.4) is 0 Å². The van der Waals surface area contributed by atoms with Gasteiger partial charge in [-0.3, -0.25) is 0 Å². The number of nitrogens with two attached hydrogens (primary N) is 1. The lowest BCUT2D eigenvalue weighted by atomic mass is 9.79. The molecule has 74 valence electrons. The molecule has 13 heavy (non-hydrogen) atoms. The van der Waals surface area contributed by atoms with Crippen molar-refractivity contribution in [2.45, 2.75) is 33.1 Å². The Kier molecular flexibility index (Phi) is 3.94. The molecule has 1 aromatic rings. The molecule has 1 nitrogen and oxygen atoms in total. The molecule has 0 unspecified atom stereocenters. The van der Waals surface area contributed by atoms with Gasteiger partial charge in [0.25, 0.3) is 0 Å². The van der Waals surface area contributed by atoms with Crippen LogP contribution in [0.4, 0.5) is 0 Å². The molecule has 0 bridgehead atoms. The number of rotatable bonds is 5. The van der Waals surface area contributed by atoms with Crippen molar-refractivity contribution in [3.63, 3.8) is 0 Å². The minimum absolute atomic E-state index is 0.338. The van der Waals surface area contributed by atoms with Gasteiger partial charge >= 0.3 is 0 Å². The third-order valence-corrected chi connectivity index (χ3v) is 3.94. The molecule has 1 aromatic heterocycles. The Morgan fingerprint density at radius 3 is 2.46 bits per heavy atom. The number of hydrogen-bond donors (Lipinski definition) is 1. The molecule has 1 rings (SSSR count). The summed E-state index contributed by atoms with van der Waals surface area (Å²) in [6, 6.07) is 4.33. The average molecular weight is 197 g/mol. The van der Waals surface area contributed by atoms with E-state index in [1.165, 1.54) is 17.7 Å². The molecule has 0 aliphatic rings. The van der Waals surface area contributed by atoms with Crippen molar-refractivity contribution in [2.75, 3.05) is 6.54 Å². The summed E-state index contributed by atoms with van der Waals surface area (Å²) >= 11 is 1.84. The maximum absolute atomic E-state index is 5.85. The van der Waals surface area contributed by atoms with Crippen molar-refractivity contribution in [2.24, 2.45) is 11.1 Å². The van der Waals surface area contributed by atoms with Crippen molar-refractivity contribution in [3.05, 3.63) is 22.4 Å². The number of hydrogen-bond acceptors (Lipinski definition) is 2. The zero-order valence-electron chi connectivity index (χ0n) is 8.55. The molecule has 2 heteroatoms. The Balaban J connectivity index is 2.67. The number of thiophene rings is 1. The molecule has 0 radical (unpaired) electrons. The molecule has 1 heterocycles. The lowest BCUT2D eigenvalue weighted by molar-refractivity contribution is 0.273. The topological polar surface area (TPSA) is 26.0 Å². The lowest BCUT2D eigenvalue weighted by Crippen LogP contribution is -2.31. The molecule has 0 amide bonds. The second-order valence-electron chi connectivity index (χ2n) is 3.67. The molecular formula is C11H19NS. The van der Waals surface area contributed by atoms with E-state index in [-0.39, 0.29) is 0 Å². The average Bonchev–Trinajstić information content (AvgIpc) is 2.67. The molecular weight excluding hydrogens is 178 g/mol. The fourth-order valence-corrected chi connectivity index (χ4v) is 2.52. The Bertz CT molecular complexity index is 216. The molecule has 0 spiro atoms. The van der Waals surface area contributed by atoms with Gasteiger partial charge in [-0.25, -0.2) is 0 Å². The molecule has 0 aliphatic carbocycles. The highest BCUT2D eigenvalue weighted by molar-refractivity contribution is 7.09. The minimum atomic E-state index is 0.338. The Hall–Kier alpha value is -0.340. The SMILES string of the molecule is CCC(CC)(CN)Cc1cccs1. The first-order valence-corrected chi connectivity index (χ1v) is 5.87. The highest BCUT2D eigenvalue weighted by Gasteiger charge is 2.24. The van der Waals surface area contributed by atoms with Crippen LogP contribution < -0.4 is 5.73 Å². The van der Waals surface area contributed by atoms with E-state index < -0.39 is 0 Å². The Morgan fingerprint density at radius 2 is 2.08 bits per heavy atom. The highest BCUT2D eigenvalue weighted by atomic mass is 32.1. The van der Waals surface area contributed by atoms with Crippen molar-refractivity contribution in [3.8, 4) is 0 Å². The first-order chi connectivity index (χ1) is 6.26. The van der Waals surface area contributed by atoms with Gasteiger partial charge in [-0.2, -0.15) is 0 Å². The predicted octanol–water partition coefficient (Wildman–Crippen LogP) is 3.06. The van der Waals surface area contributed by atoms with Crippen molar-refractivity contribution >= 4 is 11.3 Å². The first-order valence-electron chi connectivity index (χ1n) is 4.99. The third-order valence-electron chi connectivity index (χ3n) is 3.06. The van der Waals surface area contributed by atoms with E-state index in [2.05, 4.69) is 31.4 Å². The van der Waals surface area contributed by atoms with E-state index in [9.17, 15) is 0 Å². The second kappa shape index (κ2) is 4.77. The van der Waals surface area contributed by atoms with Crippen molar-refractivity contribution < 1.29 is 0 Å². The summed E-state index contributed by atoms with van der Waals surface area (Å²) in [5, 5.41) is 2.14. The normalized spacial score (nSPS) is 11.9. The fourth-order valence-electron chi connectivity index (χ4n) is 1.64. The van der Waals surface area contributed by atoms with Crippen molar-refractivity contribution in [1.82, 2.24) is 0 Å². The summed E-state index contributed by atoms with van der Waals surface area (Å²) in [6.45, 7) is 5.28. The fraction of sp³-hybridized carbons (Fsp3) is 0.636. The zero-order valence-corrected chi connectivity index (χ0v) is 9.36. The summed E-state index contributed by atoms with van der Waals surface area (Å²) < 4.78 is 0. The summed E-state index contributed by atoms with van der Waals surface area (Å²) in [7, 11) is 0. The first kappa shape index (κ1) is 10.7. The van der Waals surface area contributed by atoms with Gasteiger partial charge in [0.15, 0.2) is 0 Å². The van der Waals surface area contributed by atoms with Crippen LogP contribution in [0.1, 0.15) is 31.6 Å². The van der Waals surface area contributed by atoms with Gasteiger partial charge in [0.2, 0.25) is 0 Å². The monoisotopic (exact) mass is 197 g/mol. The summed E-state index contributed by atoms with van der Waals surface area (Å²) in [6.07, 6.45) is 3.50. The smallest absolute Gasteiger partial charge is 0.00512 e. The van der Waals surface area contributed by atoms with Gasteiger partial charge < -0.3 is 5.73 Å². The summed E-state index contributed by atoms with van der Waals surface area (Å²) in [5.74, 6) is 0. The van der Waals surface area contributed by atoms with Crippen LogP contribution in [0.25, 0.3) is 0 Å². The van der Waals surface area contributed by atoms with E-state index in [0.29, 0.717) is 5.41 Å². The zero-order chi connectivity index (χ0) is 9.73. The van der Waals surface area contributed by atoms with Crippen LogP contribution in [-0.4, -0.2) is 6.54 Å². The predicted molar refractivity (Wildman–Crippen MR) is 60.1 cm³/mol. The molecule has 0 saturated carbocycles. The van der Waals surface area contributed by atoms with Gasteiger partial charge in [-0.05, 0) is 42.7 Å². The summed E-state index contributed by atoms with van der Waals surface area (Å²) in [5.41, 5.74) is 6.19. The standard InChI is InChI=1S/C11H19NS/c1-3-11(4-2,9-12)8-10-6-5-7-13-10/h5-7H,3-4,8-9,12H2,1-2H3. The van der Waals surface area contributed by atoms with Crippen LogP contribution >= 0.6 is 11.3 Å². The van der Waals surface area contributed by atoms with Gasteiger partial charge in [-0.15, -0.1) is 11.3 Å². The van der Waals surface area contributed by atoms with Gasteiger partial charge in [0, 0.05) is 4.88 Å². The molecule has 2 N–H and O–H groups in total. The van der Waals surface area contributed by atoms with E-state index in [1.54, 1.807) is 0 Å². The van der Waals surface area contributed by atoms with Crippen LogP contribution in [0.5, 0.6) is 0 Å². The maximum atomic E-state index is 5.85. The Labute approximate surface area is 85.0 Å². The Morgan fingerprint density at radius 1 is 1.38 bits per heavy atom. The molecule has 0 aliphatic heterocycles. The van der Waals surface area contributed by atoms with E-state index in [1.807, 2.05) is 11.3 Å². The van der Waals surface area contributed by atoms with Gasteiger partial charge in [0.1, 0.15) is 0 Å². The molecule has 0 atom stereocenters. The van der Waals surface area contributed by atoms with Crippen LogP contribution in [0.2, 0.25) is 0 Å². The lowest BCUT2D eigenvalue weighted by Gasteiger charge is -2.29. The minimum Gasteiger partial charge on any atom is -0.330 e. The van der Waals surface area contributed by atoms with Crippen LogP contribution in [-0.2, 0) is 6.42 Å².